The maximum atomic E-state index is 3.38. The van der Waals surface area contributed by atoms with Crippen molar-refractivity contribution < 1.29 is 0 Å². The largest absolute Gasteiger partial charge is 0.342 e. The van der Waals surface area contributed by atoms with Crippen molar-refractivity contribution in [1.82, 2.24) is 9.88 Å². The Bertz CT molecular complexity index is 443. The molecule has 0 saturated heterocycles. The number of nitrogens with zero attached hydrogens (tertiary/aromatic N) is 1. The molecule has 1 aromatic carbocycles. The monoisotopic (exact) mass is 202 g/mol. The van der Waals surface area contributed by atoms with Crippen LogP contribution in [0.15, 0.2) is 30.3 Å². The molecule has 0 unspecified atom stereocenters. The number of hydrogen-bond acceptors (Lipinski definition) is 1. The number of hydrogen-bond donors (Lipinski definition) is 1. The minimum atomic E-state index is 1.01. The van der Waals surface area contributed by atoms with Gasteiger partial charge in [0.15, 0.2) is 0 Å². The summed E-state index contributed by atoms with van der Waals surface area (Å²) >= 11 is 0. The van der Waals surface area contributed by atoms with E-state index in [9.17, 15) is 0 Å². The van der Waals surface area contributed by atoms with Crippen LogP contribution in [-0.2, 0) is 13.1 Å². The van der Waals surface area contributed by atoms with Crippen molar-refractivity contribution in [3.63, 3.8) is 0 Å². The highest BCUT2D eigenvalue weighted by Gasteiger charge is 2.10. The second-order valence-electron chi connectivity index (χ2n) is 3.52. The van der Waals surface area contributed by atoms with Gasteiger partial charge in [-0.25, -0.2) is 0 Å². The first-order valence-corrected chi connectivity index (χ1v) is 5.73. The van der Waals surface area contributed by atoms with Gasteiger partial charge in [-0.2, -0.15) is 0 Å². The molecule has 0 saturated carbocycles. The molecule has 0 spiro atoms. The van der Waals surface area contributed by atoms with E-state index in [1.807, 2.05) is 13.8 Å². The van der Waals surface area contributed by atoms with Gasteiger partial charge in [0.1, 0.15) is 0 Å². The second-order valence-corrected chi connectivity index (χ2v) is 3.52. The van der Waals surface area contributed by atoms with E-state index >= 15 is 0 Å². The van der Waals surface area contributed by atoms with E-state index in [4.69, 9.17) is 0 Å². The van der Waals surface area contributed by atoms with Gasteiger partial charge in [-0.1, -0.05) is 32.0 Å². The number of nitrogens with one attached hydrogen (secondary N) is 1. The van der Waals surface area contributed by atoms with Crippen molar-refractivity contribution in [2.45, 2.75) is 26.9 Å². The summed E-state index contributed by atoms with van der Waals surface area (Å²) in [7, 11) is 0. The molecule has 2 aromatic rings. The number of fused-ring (bicyclic) bond motifs is 3. The molecule has 0 fully saturated rings. The van der Waals surface area contributed by atoms with Gasteiger partial charge >= 0.3 is 0 Å². The van der Waals surface area contributed by atoms with E-state index in [1.165, 1.54) is 16.6 Å². The van der Waals surface area contributed by atoms with Crippen LogP contribution >= 0.6 is 0 Å². The van der Waals surface area contributed by atoms with Crippen LogP contribution in [0.1, 0.15) is 19.5 Å². The van der Waals surface area contributed by atoms with E-state index in [-0.39, 0.29) is 0 Å². The SMILES string of the molecule is CC.c1ccc2c(c1)cc1n2CCNC1. The lowest BCUT2D eigenvalue weighted by molar-refractivity contribution is 0.527. The van der Waals surface area contributed by atoms with Gasteiger partial charge < -0.3 is 9.88 Å². The molecule has 0 aliphatic carbocycles. The zero-order valence-electron chi connectivity index (χ0n) is 9.46. The molecule has 0 amide bonds. The highest BCUT2D eigenvalue weighted by atomic mass is 15.1. The van der Waals surface area contributed by atoms with Crippen LogP contribution in [-0.4, -0.2) is 11.1 Å². The first-order chi connectivity index (χ1) is 7.45. The fourth-order valence-corrected chi connectivity index (χ4v) is 2.09. The van der Waals surface area contributed by atoms with Gasteiger partial charge in [0, 0.05) is 30.8 Å². The van der Waals surface area contributed by atoms with Crippen molar-refractivity contribution in [3.05, 3.63) is 36.0 Å². The summed E-state index contributed by atoms with van der Waals surface area (Å²) < 4.78 is 2.41. The summed E-state index contributed by atoms with van der Waals surface area (Å²) in [6.45, 7) is 7.20. The first kappa shape index (κ1) is 10.2. The minimum absolute atomic E-state index is 1.01. The van der Waals surface area contributed by atoms with Gasteiger partial charge in [0.2, 0.25) is 0 Å². The van der Waals surface area contributed by atoms with Crippen LogP contribution in [0.3, 0.4) is 0 Å². The maximum absolute atomic E-state index is 3.38. The van der Waals surface area contributed by atoms with Crippen LogP contribution in [0.25, 0.3) is 10.9 Å². The molecular weight excluding hydrogens is 184 g/mol. The average molecular weight is 202 g/mol. The van der Waals surface area contributed by atoms with Crippen LogP contribution in [0, 0.1) is 0 Å². The third-order valence-corrected chi connectivity index (χ3v) is 2.71. The predicted octanol–water partition coefficient (Wildman–Crippen LogP) is 2.77. The molecule has 3 rings (SSSR count). The summed E-state index contributed by atoms with van der Waals surface area (Å²) in [5.74, 6) is 0. The lowest BCUT2D eigenvalue weighted by Crippen LogP contribution is -2.27. The van der Waals surface area contributed by atoms with Crippen LogP contribution in [0.2, 0.25) is 0 Å². The smallest absolute Gasteiger partial charge is 0.0483 e. The van der Waals surface area contributed by atoms with E-state index in [2.05, 4.69) is 40.2 Å². The Hall–Kier alpha value is -1.28. The predicted molar refractivity (Wildman–Crippen MR) is 65.0 cm³/mol. The standard InChI is InChI=1S/C11H12N2.C2H6/c1-2-4-11-9(3-1)7-10-8-12-5-6-13(10)11;1-2/h1-4,7,12H,5-6,8H2;1-2H3. The van der Waals surface area contributed by atoms with E-state index in [0.717, 1.165) is 19.6 Å². The Labute approximate surface area is 90.9 Å². The minimum Gasteiger partial charge on any atom is -0.342 e. The van der Waals surface area contributed by atoms with Gasteiger partial charge in [-0.05, 0) is 17.5 Å². The maximum Gasteiger partial charge on any atom is 0.0483 e. The third kappa shape index (κ3) is 1.77. The molecule has 15 heavy (non-hydrogen) atoms. The fraction of sp³-hybridized carbons (Fsp3) is 0.385. The Morgan fingerprint density at radius 3 is 2.87 bits per heavy atom. The van der Waals surface area contributed by atoms with Crippen molar-refractivity contribution in [2.24, 2.45) is 0 Å². The highest BCUT2D eigenvalue weighted by Crippen LogP contribution is 2.20. The number of rotatable bonds is 0. The van der Waals surface area contributed by atoms with Gasteiger partial charge in [-0.15, -0.1) is 0 Å². The van der Waals surface area contributed by atoms with Crippen molar-refractivity contribution in [3.8, 4) is 0 Å². The molecule has 2 heteroatoms. The molecule has 1 N–H and O–H groups in total. The third-order valence-electron chi connectivity index (χ3n) is 2.71. The molecule has 0 atom stereocenters. The van der Waals surface area contributed by atoms with Crippen molar-refractivity contribution in [1.29, 1.82) is 0 Å². The fourth-order valence-electron chi connectivity index (χ4n) is 2.09. The summed E-state index contributed by atoms with van der Waals surface area (Å²) in [5, 5.41) is 4.74. The number of benzene rings is 1. The van der Waals surface area contributed by atoms with Gasteiger partial charge in [-0.3, -0.25) is 0 Å². The Balaban J connectivity index is 0.000000404. The van der Waals surface area contributed by atoms with E-state index in [0.29, 0.717) is 0 Å². The number of aromatic nitrogens is 1. The Kier molecular flexibility index (Phi) is 3.07. The molecule has 80 valence electrons. The normalized spacial score (nSPS) is 14.3. The summed E-state index contributed by atoms with van der Waals surface area (Å²) in [6, 6.07) is 10.9. The zero-order chi connectivity index (χ0) is 10.7. The second kappa shape index (κ2) is 4.49. The average Bonchev–Trinajstić information content (AvgIpc) is 2.70. The molecule has 0 bridgehead atoms. The Morgan fingerprint density at radius 1 is 1.20 bits per heavy atom. The number of para-hydroxylation sites is 1. The molecule has 1 aromatic heterocycles. The molecule has 1 aliphatic rings. The van der Waals surface area contributed by atoms with E-state index in [1.54, 1.807) is 0 Å². The van der Waals surface area contributed by atoms with Crippen LogP contribution < -0.4 is 5.32 Å². The molecular formula is C13H18N2. The van der Waals surface area contributed by atoms with Crippen LogP contribution in [0.4, 0.5) is 0 Å². The van der Waals surface area contributed by atoms with Gasteiger partial charge in [0.25, 0.3) is 0 Å². The summed E-state index contributed by atoms with van der Waals surface area (Å²) in [6.07, 6.45) is 0. The highest BCUT2D eigenvalue weighted by molar-refractivity contribution is 5.81. The molecule has 2 heterocycles. The first-order valence-electron chi connectivity index (χ1n) is 5.73. The van der Waals surface area contributed by atoms with Crippen LogP contribution in [0.5, 0.6) is 0 Å². The quantitative estimate of drug-likeness (QED) is 0.695. The zero-order valence-corrected chi connectivity index (χ0v) is 9.46. The lowest BCUT2D eigenvalue weighted by Gasteiger charge is -2.16. The van der Waals surface area contributed by atoms with E-state index < -0.39 is 0 Å². The molecule has 2 nitrogen and oxygen atoms in total. The topological polar surface area (TPSA) is 17.0 Å². The lowest BCUT2D eigenvalue weighted by atomic mass is 10.2. The summed E-state index contributed by atoms with van der Waals surface area (Å²) in [5.41, 5.74) is 2.78. The Morgan fingerprint density at radius 2 is 2.00 bits per heavy atom. The van der Waals surface area contributed by atoms with Gasteiger partial charge in [0.05, 0.1) is 0 Å². The van der Waals surface area contributed by atoms with Crippen molar-refractivity contribution >= 4 is 10.9 Å². The molecule has 1 aliphatic heterocycles. The molecule has 0 radical (unpaired) electrons. The summed E-state index contributed by atoms with van der Waals surface area (Å²) in [4.78, 5) is 0. The van der Waals surface area contributed by atoms with Crippen molar-refractivity contribution in [2.75, 3.05) is 6.54 Å².